The molecule has 2 unspecified atom stereocenters. The number of rotatable bonds is 8. The van der Waals surface area contributed by atoms with Crippen molar-refractivity contribution in [3.05, 3.63) is 45.8 Å². The highest BCUT2D eigenvalue weighted by Crippen LogP contribution is 2.27. The fraction of sp³-hybridized carbons (Fsp3) is 0.529. The van der Waals surface area contributed by atoms with Crippen LogP contribution in [-0.2, 0) is 17.0 Å². The van der Waals surface area contributed by atoms with E-state index in [2.05, 4.69) is 14.8 Å². The van der Waals surface area contributed by atoms with Crippen LogP contribution in [0.1, 0.15) is 43.6 Å². The number of benzene rings is 1. The summed E-state index contributed by atoms with van der Waals surface area (Å²) in [4.78, 5) is 10.4. The quantitative estimate of drug-likeness (QED) is 0.428. The lowest BCUT2D eigenvalue weighted by Crippen LogP contribution is -2.22. The Morgan fingerprint density at radius 3 is 2.81 bits per heavy atom. The number of nitrogens with zero attached hydrogens (tertiary/aromatic N) is 4. The first-order valence-electron chi connectivity index (χ1n) is 8.75. The molecule has 1 aromatic heterocycles. The number of nitro benzene ring substituents is 1. The molecule has 8 nitrogen and oxygen atoms in total. The zero-order valence-corrected chi connectivity index (χ0v) is 15.5. The second kappa shape index (κ2) is 8.61. The van der Waals surface area contributed by atoms with Crippen molar-refractivity contribution < 1.29 is 9.66 Å². The van der Waals surface area contributed by atoms with Gasteiger partial charge < -0.3 is 15.0 Å². The molecule has 1 fully saturated rings. The molecule has 0 aliphatic carbocycles. The minimum Gasteiger partial charge on any atom is -0.376 e. The SMILES string of the molecule is CCC(N)c1nnc(SCc2ccc([N+](=O)[O-])cc2)n1CC1CCCO1. The van der Waals surface area contributed by atoms with Crippen LogP contribution in [0.3, 0.4) is 0 Å². The van der Waals surface area contributed by atoms with Crippen molar-refractivity contribution in [3.63, 3.8) is 0 Å². The molecule has 0 bridgehead atoms. The maximum atomic E-state index is 10.8. The highest BCUT2D eigenvalue weighted by Gasteiger charge is 2.23. The summed E-state index contributed by atoms with van der Waals surface area (Å²) in [6, 6.07) is 6.42. The summed E-state index contributed by atoms with van der Waals surface area (Å²) in [6.45, 7) is 3.53. The van der Waals surface area contributed by atoms with E-state index in [1.54, 1.807) is 23.9 Å². The third kappa shape index (κ3) is 4.40. The Labute approximate surface area is 156 Å². The highest BCUT2D eigenvalue weighted by atomic mass is 32.2. The molecular weight excluding hydrogens is 354 g/mol. The Morgan fingerprint density at radius 1 is 1.42 bits per heavy atom. The first kappa shape index (κ1) is 18.8. The summed E-state index contributed by atoms with van der Waals surface area (Å²) >= 11 is 1.55. The van der Waals surface area contributed by atoms with E-state index in [4.69, 9.17) is 10.5 Å². The minimum atomic E-state index is -0.395. The van der Waals surface area contributed by atoms with Crippen LogP contribution in [0.4, 0.5) is 5.69 Å². The Hall–Kier alpha value is -1.97. The van der Waals surface area contributed by atoms with Crippen LogP contribution >= 0.6 is 11.8 Å². The van der Waals surface area contributed by atoms with Gasteiger partial charge in [0.25, 0.3) is 5.69 Å². The van der Waals surface area contributed by atoms with Crippen molar-refractivity contribution in [1.29, 1.82) is 0 Å². The second-order valence-corrected chi connectivity index (χ2v) is 7.26. The number of hydrogen-bond donors (Lipinski definition) is 1. The van der Waals surface area contributed by atoms with Gasteiger partial charge in [-0.15, -0.1) is 10.2 Å². The topological polar surface area (TPSA) is 109 Å². The van der Waals surface area contributed by atoms with Crippen LogP contribution < -0.4 is 5.73 Å². The van der Waals surface area contributed by atoms with E-state index in [0.717, 1.165) is 42.4 Å². The molecule has 140 valence electrons. The molecule has 9 heteroatoms. The predicted molar refractivity (Wildman–Crippen MR) is 98.9 cm³/mol. The van der Waals surface area contributed by atoms with Crippen LogP contribution in [0.25, 0.3) is 0 Å². The Balaban J connectivity index is 1.73. The molecule has 0 spiro atoms. The summed E-state index contributed by atoms with van der Waals surface area (Å²) in [5.74, 6) is 1.44. The van der Waals surface area contributed by atoms with Crippen molar-refractivity contribution in [1.82, 2.24) is 14.8 Å². The third-order valence-electron chi connectivity index (χ3n) is 4.44. The second-order valence-electron chi connectivity index (χ2n) is 6.31. The molecule has 1 aliphatic heterocycles. The molecule has 2 atom stereocenters. The van der Waals surface area contributed by atoms with E-state index < -0.39 is 4.92 Å². The zero-order chi connectivity index (χ0) is 18.5. The van der Waals surface area contributed by atoms with E-state index in [1.165, 1.54) is 12.1 Å². The number of nitrogens with two attached hydrogens (primary N) is 1. The number of ether oxygens (including phenoxy) is 1. The normalized spacial score (nSPS) is 18.2. The summed E-state index contributed by atoms with van der Waals surface area (Å²) < 4.78 is 7.83. The Bertz CT molecular complexity index is 743. The average Bonchev–Trinajstić information content (AvgIpc) is 3.30. The molecule has 1 aliphatic rings. The lowest BCUT2D eigenvalue weighted by atomic mass is 10.2. The van der Waals surface area contributed by atoms with Gasteiger partial charge in [0.1, 0.15) is 0 Å². The van der Waals surface area contributed by atoms with E-state index >= 15 is 0 Å². The van der Waals surface area contributed by atoms with Crippen LogP contribution in [0.15, 0.2) is 29.4 Å². The first-order chi connectivity index (χ1) is 12.6. The number of thioether (sulfide) groups is 1. The van der Waals surface area contributed by atoms with Gasteiger partial charge in [-0.3, -0.25) is 10.1 Å². The third-order valence-corrected chi connectivity index (χ3v) is 5.48. The molecule has 0 saturated carbocycles. The largest absolute Gasteiger partial charge is 0.376 e. The standard InChI is InChI=1S/C17H23N5O3S/c1-2-15(18)16-19-20-17(21(16)10-14-4-3-9-25-14)26-11-12-5-7-13(8-6-12)22(23)24/h5-8,14-15H,2-4,9-11,18H2,1H3. The number of non-ortho nitro benzene ring substituents is 1. The van der Waals surface area contributed by atoms with Gasteiger partial charge in [0, 0.05) is 24.5 Å². The van der Waals surface area contributed by atoms with Gasteiger partial charge in [0.05, 0.1) is 23.6 Å². The summed E-state index contributed by atoms with van der Waals surface area (Å²) in [5, 5.41) is 20.2. The summed E-state index contributed by atoms with van der Waals surface area (Å²) in [6.07, 6.45) is 3.07. The number of hydrogen-bond acceptors (Lipinski definition) is 7. The first-order valence-corrected chi connectivity index (χ1v) is 9.73. The van der Waals surface area contributed by atoms with Gasteiger partial charge in [0.15, 0.2) is 11.0 Å². The molecule has 0 amide bonds. The summed E-state index contributed by atoms with van der Waals surface area (Å²) in [7, 11) is 0. The van der Waals surface area contributed by atoms with Crippen LogP contribution in [-0.4, -0.2) is 32.4 Å². The molecule has 2 aromatic rings. The Morgan fingerprint density at radius 2 is 2.19 bits per heavy atom. The van der Waals surface area contributed by atoms with Crippen LogP contribution in [0.2, 0.25) is 0 Å². The van der Waals surface area contributed by atoms with Crippen molar-refractivity contribution in [3.8, 4) is 0 Å². The van der Waals surface area contributed by atoms with Crippen LogP contribution in [0, 0.1) is 10.1 Å². The molecule has 26 heavy (non-hydrogen) atoms. The Kier molecular flexibility index (Phi) is 6.23. The van der Waals surface area contributed by atoms with Crippen molar-refractivity contribution in [2.45, 2.75) is 55.8 Å². The number of nitro groups is 1. The average molecular weight is 377 g/mol. The van der Waals surface area contributed by atoms with E-state index in [9.17, 15) is 10.1 Å². The van der Waals surface area contributed by atoms with E-state index in [1.807, 2.05) is 6.92 Å². The van der Waals surface area contributed by atoms with Gasteiger partial charge in [-0.1, -0.05) is 30.8 Å². The lowest BCUT2D eigenvalue weighted by Gasteiger charge is -2.17. The van der Waals surface area contributed by atoms with Gasteiger partial charge in [-0.2, -0.15) is 0 Å². The lowest BCUT2D eigenvalue weighted by molar-refractivity contribution is -0.384. The van der Waals surface area contributed by atoms with E-state index in [0.29, 0.717) is 12.3 Å². The molecule has 2 heterocycles. The van der Waals surface area contributed by atoms with Crippen molar-refractivity contribution in [2.24, 2.45) is 5.73 Å². The minimum absolute atomic E-state index is 0.0940. The highest BCUT2D eigenvalue weighted by molar-refractivity contribution is 7.98. The molecule has 0 radical (unpaired) electrons. The van der Waals surface area contributed by atoms with Crippen molar-refractivity contribution >= 4 is 17.4 Å². The van der Waals surface area contributed by atoms with Gasteiger partial charge in [0.2, 0.25) is 0 Å². The molecule has 1 saturated heterocycles. The maximum absolute atomic E-state index is 10.8. The fourth-order valence-electron chi connectivity index (χ4n) is 2.89. The molecule has 1 aromatic carbocycles. The number of aromatic nitrogens is 3. The summed E-state index contributed by atoms with van der Waals surface area (Å²) in [5.41, 5.74) is 7.29. The van der Waals surface area contributed by atoms with Gasteiger partial charge in [-0.25, -0.2) is 0 Å². The molecule has 3 rings (SSSR count). The fourth-order valence-corrected chi connectivity index (χ4v) is 3.80. The van der Waals surface area contributed by atoms with E-state index in [-0.39, 0.29) is 17.8 Å². The zero-order valence-electron chi connectivity index (χ0n) is 14.7. The molecular formula is C17H23N5O3S. The monoisotopic (exact) mass is 377 g/mol. The smallest absolute Gasteiger partial charge is 0.269 e. The predicted octanol–water partition coefficient (Wildman–Crippen LogP) is 3.07. The maximum Gasteiger partial charge on any atom is 0.269 e. The van der Waals surface area contributed by atoms with Crippen LogP contribution in [0.5, 0.6) is 0 Å². The van der Waals surface area contributed by atoms with Gasteiger partial charge >= 0.3 is 0 Å². The van der Waals surface area contributed by atoms with Gasteiger partial charge in [-0.05, 0) is 24.8 Å². The van der Waals surface area contributed by atoms with Crippen molar-refractivity contribution in [2.75, 3.05) is 6.61 Å². The molecule has 2 N–H and O–H groups in total.